The molecule has 4 heteroatoms. The third kappa shape index (κ3) is 12.6. The maximum atomic E-state index is 12.4. The van der Waals surface area contributed by atoms with Crippen molar-refractivity contribution in [2.75, 3.05) is 0 Å². The minimum Gasteiger partial charge on any atom is -0.481 e. The Balaban J connectivity index is 4.22. The summed E-state index contributed by atoms with van der Waals surface area (Å²) in [7, 11) is 0. The maximum absolute atomic E-state index is 12.4. The highest BCUT2D eigenvalue weighted by molar-refractivity contribution is 5.75. The predicted molar refractivity (Wildman–Crippen MR) is 126 cm³/mol. The van der Waals surface area contributed by atoms with Gasteiger partial charge in [-0.15, -0.1) is 0 Å². The molecule has 0 aliphatic carbocycles. The van der Waals surface area contributed by atoms with Gasteiger partial charge in [0, 0.05) is 6.42 Å². The average molecular weight is 427 g/mol. The number of hydrogen-bond acceptors (Lipinski definition) is 2. The fraction of sp³-hybridized carbons (Fsp3) is 0.923. The fourth-order valence-electron chi connectivity index (χ4n) is 5.18. The van der Waals surface area contributed by atoms with E-state index in [1.807, 2.05) is 0 Å². The molecule has 0 fully saturated rings. The molecule has 0 amide bonds. The number of carboxylic acids is 2. The first-order chi connectivity index (χ1) is 14.2. The highest BCUT2D eigenvalue weighted by Crippen LogP contribution is 2.45. The molecular formula is C26H50O4. The lowest BCUT2D eigenvalue weighted by molar-refractivity contribution is -0.156. The van der Waals surface area contributed by atoms with Crippen LogP contribution in [0.15, 0.2) is 0 Å². The SMILES string of the molecule is CCC(CCCCCCCCCCCCC(=O)O)C(CC(C)C)(CC(C)C)C(=O)O. The molecule has 0 saturated carbocycles. The molecule has 178 valence electrons. The molecule has 30 heavy (non-hydrogen) atoms. The van der Waals surface area contributed by atoms with Gasteiger partial charge in [-0.2, -0.15) is 0 Å². The van der Waals surface area contributed by atoms with Gasteiger partial charge < -0.3 is 10.2 Å². The third-order valence-electron chi connectivity index (χ3n) is 6.44. The topological polar surface area (TPSA) is 74.6 Å². The van der Waals surface area contributed by atoms with Crippen LogP contribution in [0, 0.1) is 23.2 Å². The van der Waals surface area contributed by atoms with Crippen LogP contribution in [-0.4, -0.2) is 22.2 Å². The Hall–Kier alpha value is -1.06. The van der Waals surface area contributed by atoms with Gasteiger partial charge in [-0.05, 0) is 43.4 Å². The van der Waals surface area contributed by atoms with Crippen LogP contribution in [0.25, 0.3) is 0 Å². The van der Waals surface area contributed by atoms with Crippen molar-refractivity contribution in [3.05, 3.63) is 0 Å². The van der Waals surface area contributed by atoms with Crippen LogP contribution in [0.1, 0.15) is 131 Å². The van der Waals surface area contributed by atoms with Gasteiger partial charge >= 0.3 is 11.9 Å². The zero-order valence-corrected chi connectivity index (χ0v) is 20.5. The highest BCUT2D eigenvalue weighted by atomic mass is 16.4. The monoisotopic (exact) mass is 426 g/mol. The Kier molecular flexibility index (Phi) is 16.0. The molecule has 1 unspecified atom stereocenters. The van der Waals surface area contributed by atoms with Crippen molar-refractivity contribution in [3.8, 4) is 0 Å². The van der Waals surface area contributed by atoms with E-state index in [-0.39, 0.29) is 5.92 Å². The summed E-state index contributed by atoms with van der Waals surface area (Å²) in [4.78, 5) is 22.9. The van der Waals surface area contributed by atoms with E-state index in [2.05, 4.69) is 34.6 Å². The van der Waals surface area contributed by atoms with E-state index in [4.69, 9.17) is 5.11 Å². The molecule has 0 aromatic rings. The molecule has 0 saturated heterocycles. The predicted octanol–water partition coefficient (Wildman–Crippen LogP) is 7.94. The molecule has 0 radical (unpaired) electrons. The molecule has 0 rings (SSSR count). The highest BCUT2D eigenvalue weighted by Gasteiger charge is 2.45. The molecule has 0 bridgehead atoms. The molecule has 0 spiro atoms. The summed E-state index contributed by atoms with van der Waals surface area (Å²) in [6.45, 7) is 10.8. The first kappa shape index (κ1) is 28.9. The average Bonchev–Trinajstić information content (AvgIpc) is 2.63. The van der Waals surface area contributed by atoms with Crippen LogP contribution in [0.4, 0.5) is 0 Å². The van der Waals surface area contributed by atoms with E-state index < -0.39 is 17.4 Å². The normalized spacial score (nSPS) is 13.2. The number of carboxylic acid groups (broad SMARTS) is 2. The Morgan fingerprint density at radius 3 is 1.43 bits per heavy atom. The lowest BCUT2D eigenvalue weighted by atomic mass is 9.63. The molecule has 0 aliphatic rings. The summed E-state index contributed by atoms with van der Waals surface area (Å²) in [6.07, 6.45) is 15.4. The number of hydrogen-bond donors (Lipinski definition) is 2. The minimum atomic E-state index is -0.686. The number of unbranched alkanes of at least 4 members (excludes halogenated alkanes) is 9. The lowest BCUT2D eigenvalue weighted by Crippen LogP contribution is -2.41. The van der Waals surface area contributed by atoms with Gasteiger partial charge in [0.05, 0.1) is 5.41 Å². The fourth-order valence-corrected chi connectivity index (χ4v) is 5.18. The van der Waals surface area contributed by atoms with E-state index >= 15 is 0 Å². The van der Waals surface area contributed by atoms with Gasteiger partial charge in [-0.1, -0.05) is 98.8 Å². The molecular weight excluding hydrogens is 376 g/mol. The molecule has 4 nitrogen and oxygen atoms in total. The molecule has 0 aromatic carbocycles. The van der Waals surface area contributed by atoms with Crippen molar-refractivity contribution in [3.63, 3.8) is 0 Å². The van der Waals surface area contributed by atoms with Crippen molar-refractivity contribution in [2.45, 2.75) is 131 Å². The van der Waals surface area contributed by atoms with Crippen LogP contribution in [0.3, 0.4) is 0 Å². The van der Waals surface area contributed by atoms with Crippen LogP contribution >= 0.6 is 0 Å². The Morgan fingerprint density at radius 2 is 1.10 bits per heavy atom. The van der Waals surface area contributed by atoms with Crippen LogP contribution in [-0.2, 0) is 9.59 Å². The van der Waals surface area contributed by atoms with Gasteiger partial charge in [-0.25, -0.2) is 0 Å². The van der Waals surface area contributed by atoms with Crippen molar-refractivity contribution >= 4 is 11.9 Å². The second-order valence-electron chi connectivity index (χ2n) is 10.2. The summed E-state index contributed by atoms with van der Waals surface area (Å²) in [5, 5.41) is 18.8. The smallest absolute Gasteiger partial charge is 0.309 e. The van der Waals surface area contributed by atoms with E-state index in [0.717, 1.165) is 51.4 Å². The van der Waals surface area contributed by atoms with Gasteiger partial charge in [0.2, 0.25) is 0 Å². The third-order valence-corrected chi connectivity index (χ3v) is 6.44. The van der Waals surface area contributed by atoms with E-state index in [1.165, 1.54) is 38.5 Å². The zero-order chi connectivity index (χ0) is 23.0. The van der Waals surface area contributed by atoms with Gasteiger partial charge in [-0.3, -0.25) is 9.59 Å². The maximum Gasteiger partial charge on any atom is 0.309 e. The van der Waals surface area contributed by atoms with Crippen LogP contribution < -0.4 is 0 Å². The van der Waals surface area contributed by atoms with Gasteiger partial charge in [0.25, 0.3) is 0 Å². The number of rotatable bonds is 20. The molecule has 0 heterocycles. The van der Waals surface area contributed by atoms with Crippen LogP contribution in [0.5, 0.6) is 0 Å². The first-order valence-corrected chi connectivity index (χ1v) is 12.6. The summed E-state index contributed by atoms with van der Waals surface area (Å²) < 4.78 is 0. The minimum absolute atomic E-state index is 0.269. The zero-order valence-electron chi connectivity index (χ0n) is 20.5. The molecule has 1 atom stereocenters. The van der Waals surface area contributed by atoms with Crippen LogP contribution in [0.2, 0.25) is 0 Å². The number of aliphatic carboxylic acids is 2. The van der Waals surface area contributed by atoms with E-state index in [9.17, 15) is 14.7 Å². The van der Waals surface area contributed by atoms with Crippen molar-refractivity contribution in [2.24, 2.45) is 23.2 Å². The first-order valence-electron chi connectivity index (χ1n) is 12.6. The van der Waals surface area contributed by atoms with Crippen molar-refractivity contribution in [1.29, 1.82) is 0 Å². The van der Waals surface area contributed by atoms with Gasteiger partial charge in [0.15, 0.2) is 0 Å². The summed E-state index contributed by atoms with van der Waals surface area (Å²) in [6, 6.07) is 0. The summed E-state index contributed by atoms with van der Waals surface area (Å²) in [5.74, 6) is -0.198. The van der Waals surface area contributed by atoms with Crippen molar-refractivity contribution < 1.29 is 19.8 Å². The Bertz CT molecular complexity index is 446. The second kappa shape index (κ2) is 16.6. The summed E-state index contributed by atoms with van der Waals surface area (Å²) in [5.41, 5.74) is -0.572. The molecule has 2 N–H and O–H groups in total. The standard InChI is InChI=1S/C26H50O4/c1-6-23(26(25(29)30,19-21(2)3)20-22(4)5)17-15-13-11-9-7-8-10-12-14-16-18-24(27)28/h21-23H,6-20H2,1-5H3,(H,27,28)(H,29,30). The number of carbonyl (C=O) groups is 2. The Morgan fingerprint density at radius 1 is 0.700 bits per heavy atom. The summed E-state index contributed by atoms with van der Waals surface area (Å²) >= 11 is 0. The van der Waals surface area contributed by atoms with Crippen molar-refractivity contribution in [1.82, 2.24) is 0 Å². The van der Waals surface area contributed by atoms with Gasteiger partial charge in [0.1, 0.15) is 0 Å². The molecule has 0 aliphatic heterocycles. The molecule has 0 aromatic heterocycles. The quantitative estimate of drug-likeness (QED) is 0.194. The van der Waals surface area contributed by atoms with E-state index in [0.29, 0.717) is 18.3 Å². The second-order valence-corrected chi connectivity index (χ2v) is 10.2. The largest absolute Gasteiger partial charge is 0.481 e. The van der Waals surface area contributed by atoms with E-state index in [1.54, 1.807) is 0 Å². The lowest BCUT2D eigenvalue weighted by Gasteiger charge is -2.40. The Labute approximate surface area is 186 Å².